The summed E-state index contributed by atoms with van der Waals surface area (Å²) in [7, 11) is 0. The van der Waals surface area contributed by atoms with E-state index in [1.807, 2.05) is 56.3 Å². The minimum absolute atomic E-state index is 0.121. The van der Waals surface area contributed by atoms with Gasteiger partial charge < -0.3 is 9.88 Å². The van der Waals surface area contributed by atoms with Gasteiger partial charge in [-0.3, -0.25) is 9.59 Å². The molecule has 3 aromatic rings. The molecule has 0 spiro atoms. The number of aryl methyl sites for hydroxylation is 1. The Hall–Kier alpha value is -2.88. The molecular formula is C20H20N2O2. The van der Waals surface area contributed by atoms with E-state index >= 15 is 0 Å². The lowest BCUT2D eigenvalue weighted by Crippen LogP contribution is -2.28. The highest BCUT2D eigenvalue weighted by Crippen LogP contribution is 2.15. The predicted molar refractivity (Wildman–Crippen MR) is 97.6 cm³/mol. The average molecular weight is 320 g/mol. The van der Waals surface area contributed by atoms with E-state index in [4.69, 9.17) is 0 Å². The Balaban J connectivity index is 2.06. The minimum Gasteiger partial charge on any atom is -0.321 e. The molecule has 0 fully saturated rings. The van der Waals surface area contributed by atoms with Gasteiger partial charge in [0.25, 0.3) is 11.5 Å². The quantitative estimate of drug-likeness (QED) is 0.790. The van der Waals surface area contributed by atoms with Crippen molar-refractivity contribution in [2.75, 3.05) is 5.32 Å². The molecule has 1 amide bonds. The predicted octanol–water partition coefficient (Wildman–Crippen LogP) is 3.97. The van der Waals surface area contributed by atoms with Gasteiger partial charge in [-0.15, -0.1) is 0 Å². The molecule has 1 N–H and O–H groups in total. The molecule has 1 heterocycles. The van der Waals surface area contributed by atoms with Crippen molar-refractivity contribution in [2.24, 2.45) is 0 Å². The second kappa shape index (κ2) is 6.71. The maximum Gasteiger partial charge on any atom is 0.272 e. The summed E-state index contributed by atoms with van der Waals surface area (Å²) in [5, 5.41) is 4.30. The van der Waals surface area contributed by atoms with Crippen molar-refractivity contribution in [3.05, 3.63) is 76.2 Å². The van der Waals surface area contributed by atoms with Crippen LogP contribution in [0.25, 0.3) is 10.8 Å². The number of rotatable bonds is 4. The Morgan fingerprint density at radius 2 is 1.79 bits per heavy atom. The largest absolute Gasteiger partial charge is 0.321 e. The van der Waals surface area contributed by atoms with Crippen LogP contribution in [-0.4, -0.2) is 10.5 Å². The highest BCUT2D eigenvalue weighted by molar-refractivity contribution is 6.05. The van der Waals surface area contributed by atoms with Gasteiger partial charge in [0.05, 0.1) is 0 Å². The van der Waals surface area contributed by atoms with Crippen molar-refractivity contribution in [1.82, 2.24) is 4.57 Å². The topological polar surface area (TPSA) is 51.1 Å². The summed E-state index contributed by atoms with van der Waals surface area (Å²) >= 11 is 0. The van der Waals surface area contributed by atoms with Gasteiger partial charge in [0.15, 0.2) is 0 Å². The highest BCUT2D eigenvalue weighted by atomic mass is 16.2. The van der Waals surface area contributed by atoms with Crippen LogP contribution < -0.4 is 10.9 Å². The number of benzene rings is 2. The fraction of sp³-hybridized carbons (Fsp3) is 0.200. The number of amides is 1. The van der Waals surface area contributed by atoms with E-state index < -0.39 is 0 Å². The molecule has 24 heavy (non-hydrogen) atoms. The minimum atomic E-state index is -0.268. The molecule has 122 valence electrons. The van der Waals surface area contributed by atoms with Crippen LogP contribution in [0.15, 0.2) is 59.4 Å². The van der Waals surface area contributed by atoms with Gasteiger partial charge in [-0.2, -0.15) is 0 Å². The molecule has 0 aliphatic carbocycles. The lowest BCUT2D eigenvalue weighted by Gasteiger charge is -2.14. The van der Waals surface area contributed by atoms with E-state index in [2.05, 4.69) is 5.32 Å². The molecule has 0 saturated heterocycles. The zero-order valence-corrected chi connectivity index (χ0v) is 13.9. The van der Waals surface area contributed by atoms with E-state index in [1.165, 1.54) is 0 Å². The Morgan fingerprint density at radius 3 is 2.50 bits per heavy atom. The van der Waals surface area contributed by atoms with Crippen molar-refractivity contribution in [2.45, 2.75) is 26.8 Å². The first-order chi connectivity index (χ1) is 11.6. The first-order valence-corrected chi connectivity index (χ1v) is 8.10. The SMILES string of the molecule is CCCn1c(C(=O)Nc2ccc(C)cc2)cc2ccccc2c1=O. The summed E-state index contributed by atoms with van der Waals surface area (Å²) < 4.78 is 1.56. The first kappa shape index (κ1) is 16.0. The lowest BCUT2D eigenvalue weighted by molar-refractivity contribution is 0.101. The molecule has 0 saturated carbocycles. The maximum absolute atomic E-state index is 12.7. The maximum atomic E-state index is 12.7. The summed E-state index contributed by atoms with van der Waals surface area (Å²) in [6.07, 6.45) is 0.781. The molecule has 0 unspecified atom stereocenters. The van der Waals surface area contributed by atoms with Crippen LogP contribution in [0.4, 0.5) is 5.69 Å². The Bertz CT molecular complexity index is 940. The van der Waals surface area contributed by atoms with Gasteiger partial charge in [0.2, 0.25) is 0 Å². The number of hydrogen-bond donors (Lipinski definition) is 1. The molecular weight excluding hydrogens is 300 g/mol. The molecule has 4 heteroatoms. The molecule has 4 nitrogen and oxygen atoms in total. The average Bonchev–Trinajstić information content (AvgIpc) is 2.59. The second-order valence-corrected chi connectivity index (χ2v) is 5.89. The third kappa shape index (κ3) is 3.08. The molecule has 0 aliphatic heterocycles. The van der Waals surface area contributed by atoms with Crippen LogP contribution in [0.1, 0.15) is 29.4 Å². The number of pyridine rings is 1. The molecule has 0 radical (unpaired) electrons. The molecule has 2 aromatic carbocycles. The molecule has 0 aliphatic rings. The van der Waals surface area contributed by atoms with Crippen molar-refractivity contribution >= 4 is 22.4 Å². The van der Waals surface area contributed by atoms with Gasteiger partial charge in [-0.25, -0.2) is 0 Å². The number of hydrogen-bond acceptors (Lipinski definition) is 2. The van der Waals surface area contributed by atoms with Crippen LogP contribution in [0.3, 0.4) is 0 Å². The van der Waals surface area contributed by atoms with Gasteiger partial charge >= 0.3 is 0 Å². The number of carbonyl (C=O) groups is 1. The Morgan fingerprint density at radius 1 is 1.08 bits per heavy atom. The van der Waals surface area contributed by atoms with Crippen LogP contribution in [-0.2, 0) is 6.54 Å². The number of aromatic nitrogens is 1. The van der Waals surface area contributed by atoms with E-state index in [1.54, 1.807) is 16.7 Å². The summed E-state index contributed by atoms with van der Waals surface area (Å²) in [5.41, 5.74) is 2.11. The van der Waals surface area contributed by atoms with E-state index in [0.717, 1.165) is 17.4 Å². The van der Waals surface area contributed by atoms with Gasteiger partial charge in [-0.05, 0) is 43.0 Å². The normalized spacial score (nSPS) is 10.8. The molecule has 0 bridgehead atoms. The van der Waals surface area contributed by atoms with E-state index in [9.17, 15) is 9.59 Å². The smallest absolute Gasteiger partial charge is 0.272 e. The summed E-state index contributed by atoms with van der Waals surface area (Å²) in [5.74, 6) is -0.268. The number of anilines is 1. The van der Waals surface area contributed by atoms with Crippen LogP contribution >= 0.6 is 0 Å². The summed E-state index contributed by atoms with van der Waals surface area (Å²) in [6, 6.07) is 16.7. The van der Waals surface area contributed by atoms with Crippen molar-refractivity contribution in [1.29, 1.82) is 0 Å². The van der Waals surface area contributed by atoms with Crippen LogP contribution in [0.2, 0.25) is 0 Å². The Labute approximate surface area is 140 Å². The standard InChI is InChI=1S/C20H20N2O2/c1-3-12-22-18(13-15-6-4-5-7-17(15)20(22)24)19(23)21-16-10-8-14(2)9-11-16/h4-11,13H,3,12H2,1-2H3,(H,21,23). The third-order valence-electron chi connectivity index (χ3n) is 4.01. The van der Waals surface area contributed by atoms with Gasteiger partial charge in [0.1, 0.15) is 5.69 Å². The second-order valence-electron chi connectivity index (χ2n) is 5.89. The van der Waals surface area contributed by atoms with Gasteiger partial charge in [0, 0.05) is 17.6 Å². The van der Waals surface area contributed by atoms with Crippen molar-refractivity contribution < 1.29 is 4.79 Å². The number of nitrogens with zero attached hydrogens (tertiary/aromatic N) is 1. The van der Waals surface area contributed by atoms with Crippen molar-refractivity contribution in [3.63, 3.8) is 0 Å². The monoisotopic (exact) mass is 320 g/mol. The zero-order chi connectivity index (χ0) is 17.1. The lowest BCUT2D eigenvalue weighted by atomic mass is 10.1. The first-order valence-electron chi connectivity index (χ1n) is 8.10. The summed E-state index contributed by atoms with van der Waals surface area (Å²) in [4.78, 5) is 25.4. The van der Waals surface area contributed by atoms with E-state index in [-0.39, 0.29) is 11.5 Å². The van der Waals surface area contributed by atoms with Gasteiger partial charge in [-0.1, -0.05) is 42.8 Å². The van der Waals surface area contributed by atoms with Crippen LogP contribution in [0.5, 0.6) is 0 Å². The van der Waals surface area contributed by atoms with E-state index in [0.29, 0.717) is 23.3 Å². The number of nitrogens with one attached hydrogen (secondary N) is 1. The van der Waals surface area contributed by atoms with Crippen LogP contribution in [0, 0.1) is 6.92 Å². The Kier molecular flexibility index (Phi) is 4.47. The number of fused-ring (bicyclic) bond motifs is 1. The summed E-state index contributed by atoms with van der Waals surface area (Å²) in [6.45, 7) is 4.50. The fourth-order valence-corrected chi connectivity index (χ4v) is 2.76. The zero-order valence-electron chi connectivity index (χ0n) is 13.9. The van der Waals surface area contributed by atoms with Crippen molar-refractivity contribution in [3.8, 4) is 0 Å². The fourth-order valence-electron chi connectivity index (χ4n) is 2.76. The highest BCUT2D eigenvalue weighted by Gasteiger charge is 2.15. The molecule has 3 rings (SSSR count). The molecule has 1 aromatic heterocycles. The number of carbonyl (C=O) groups excluding carboxylic acids is 1. The third-order valence-corrected chi connectivity index (χ3v) is 4.01. The molecule has 0 atom stereocenters.